The Morgan fingerprint density at radius 1 is 1.35 bits per heavy atom. The molecular weight excluding hydrogens is 276 g/mol. The Kier molecular flexibility index (Phi) is 4.47. The molecule has 1 heterocycles. The van der Waals surface area contributed by atoms with Crippen LogP contribution >= 0.6 is 11.6 Å². The van der Waals surface area contributed by atoms with E-state index in [1.165, 1.54) is 0 Å². The van der Waals surface area contributed by atoms with E-state index in [0.717, 1.165) is 11.3 Å². The van der Waals surface area contributed by atoms with Crippen LogP contribution in [0.1, 0.15) is 33.4 Å². The number of nitrogens with one attached hydrogen (secondary N) is 2. The molecule has 4 nitrogen and oxygen atoms in total. The SMILES string of the molecule is Cc1cc(C)c(C(=O)NCC(O)c2ccc(Cl)cc2)[nH]1. The second-order valence-electron chi connectivity index (χ2n) is 4.79. The van der Waals surface area contributed by atoms with Gasteiger partial charge in [-0.1, -0.05) is 23.7 Å². The van der Waals surface area contributed by atoms with Crippen molar-refractivity contribution in [3.05, 3.63) is 57.9 Å². The van der Waals surface area contributed by atoms with Crippen LogP contribution in [0.3, 0.4) is 0 Å². The van der Waals surface area contributed by atoms with E-state index in [4.69, 9.17) is 11.6 Å². The number of carbonyl (C=O) groups excluding carboxylic acids is 1. The number of aliphatic hydroxyl groups excluding tert-OH is 1. The van der Waals surface area contributed by atoms with Crippen molar-refractivity contribution in [2.45, 2.75) is 20.0 Å². The smallest absolute Gasteiger partial charge is 0.268 e. The summed E-state index contributed by atoms with van der Waals surface area (Å²) >= 11 is 5.79. The molecule has 5 heteroatoms. The van der Waals surface area contributed by atoms with E-state index in [2.05, 4.69) is 10.3 Å². The van der Waals surface area contributed by atoms with Crippen LogP contribution in [0.25, 0.3) is 0 Å². The number of aliphatic hydroxyl groups is 1. The second-order valence-corrected chi connectivity index (χ2v) is 5.22. The van der Waals surface area contributed by atoms with E-state index in [-0.39, 0.29) is 12.5 Å². The first kappa shape index (κ1) is 14.6. The maximum atomic E-state index is 12.0. The lowest BCUT2D eigenvalue weighted by molar-refractivity contribution is 0.0911. The van der Waals surface area contributed by atoms with Crippen LogP contribution in [0.15, 0.2) is 30.3 Å². The molecule has 3 N–H and O–H groups in total. The molecule has 1 aromatic carbocycles. The third-order valence-corrected chi connectivity index (χ3v) is 3.34. The molecule has 20 heavy (non-hydrogen) atoms. The van der Waals surface area contributed by atoms with E-state index in [0.29, 0.717) is 16.3 Å². The van der Waals surface area contributed by atoms with Gasteiger partial charge in [-0.3, -0.25) is 4.79 Å². The third kappa shape index (κ3) is 3.40. The van der Waals surface area contributed by atoms with Gasteiger partial charge in [0.2, 0.25) is 0 Å². The standard InChI is InChI=1S/C15H17ClN2O2/c1-9-7-10(2)18-14(9)15(20)17-8-13(19)11-3-5-12(16)6-4-11/h3-7,13,18-19H,8H2,1-2H3,(H,17,20). The van der Waals surface area contributed by atoms with E-state index in [9.17, 15) is 9.90 Å². The van der Waals surface area contributed by atoms with Crippen molar-refractivity contribution in [2.75, 3.05) is 6.54 Å². The molecule has 0 fully saturated rings. The van der Waals surface area contributed by atoms with Gasteiger partial charge in [0, 0.05) is 17.3 Å². The highest BCUT2D eigenvalue weighted by Crippen LogP contribution is 2.16. The third-order valence-electron chi connectivity index (χ3n) is 3.09. The summed E-state index contributed by atoms with van der Waals surface area (Å²) in [6.45, 7) is 3.92. The number of rotatable bonds is 4. The first-order valence-electron chi connectivity index (χ1n) is 6.35. The van der Waals surface area contributed by atoms with Crippen molar-refractivity contribution >= 4 is 17.5 Å². The van der Waals surface area contributed by atoms with Gasteiger partial charge in [0.25, 0.3) is 5.91 Å². The molecule has 1 aromatic heterocycles. The molecule has 0 saturated carbocycles. The summed E-state index contributed by atoms with van der Waals surface area (Å²) in [7, 11) is 0. The highest BCUT2D eigenvalue weighted by Gasteiger charge is 2.14. The fraction of sp³-hybridized carbons (Fsp3) is 0.267. The van der Waals surface area contributed by atoms with E-state index in [1.54, 1.807) is 24.3 Å². The number of aromatic nitrogens is 1. The zero-order valence-corrected chi connectivity index (χ0v) is 12.2. The number of aromatic amines is 1. The van der Waals surface area contributed by atoms with Crippen molar-refractivity contribution in [3.63, 3.8) is 0 Å². The average molecular weight is 293 g/mol. The largest absolute Gasteiger partial charge is 0.387 e. The molecule has 1 unspecified atom stereocenters. The van der Waals surface area contributed by atoms with Gasteiger partial charge in [0.05, 0.1) is 6.10 Å². The van der Waals surface area contributed by atoms with Crippen LogP contribution in [0.4, 0.5) is 0 Å². The molecule has 1 atom stereocenters. The van der Waals surface area contributed by atoms with Crippen molar-refractivity contribution < 1.29 is 9.90 Å². The molecule has 0 aliphatic heterocycles. The van der Waals surface area contributed by atoms with E-state index >= 15 is 0 Å². The molecule has 0 radical (unpaired) electrons. The van der Waals surface area contributed by atoms with Crippen LogP contribution < -0.4 is 5.32 Å². The summed E-state index contributed by atoms with van der Waals surface area (Å²) in [5, 5.41) is 13.3. The highest BCUT2D eigenvalue weighted by atomic mass is 35.5. The molecule has 0 aliphatic carbocycles. The summed E-state index contributed by atoms with van der Waals surface area (Å²) < 4.78 is 0. The van der Waals surface area contributed by atoms with Gasteiger partial charge in [-0.15, -0.1) is 0 Å². The van der Waals surface area contributed by atoms with E-state index in [1.807, 2.05) is 19.9 Å². The van der Waals surface area contributed by atoms with Crippen LogP contribution in [0.5, 0.6) is 0 Å². The minimum absolute atomic E-state index is 0.151. The first-order chi connectivity index (χ1) is 9.47. The topological polar surface area (TPSA) is 65.1 Å². The number of hydrogen-bond donors (Lipinski definition) is 3. The van der Waals surface area contributed by atoms with Gasteiger partial charge < -0.3 is 15.4 Å². The predicted molar refractivity (Wildman–Crippen MR) is 79.0 cm³/mol. The van der Waals surface area contributed by atoms with Crippen LogP contribution in [-0.4, -0.2) is 22.5 Å². The number of hydrogen-bond acceptors (Lipinski definition) is 2. The summed E-state index contributed by atoms with van der Waals surface area (Å²) in [6.07, 6.45) is -0.757. The lowest BCUT2D eigenvalue weighted by Gasteiger charge is -2.12. The average Bonchev–Trinajstić information content (AvgIpc) is 2.75. The number of amides is 1. The minimum Gasteiger partial charge on any atom is -0.387 e. The fourth-order valence-corrected chi connectivity index (χ4v) is 2.17. The quantitative estimate of drug-likeness (QED) is 0.811. The molecule has 0 bridgehead atoms. The zero-order valence-electron chi connectivity index (χ0n) is 11.4. The fourth-order valence-electron chi connectivity index (χ4n) is 2.05. The van der Waals surface area contributed by atoms with E-state index < -0.39 is 6.10 Å². The molecule has 1 amide bonds. The van der Waals surface area contributed by atoms with Gasteiger partial charge in [0.1, 0.15) is 5.69 Å². The number of H-pyrrole nitrogens is 1. The summed E-state index contributed by atoms with van der Waals surface area (Å²) in [5.74, 6) is -0.219. The molecule has 0 saturated heterocycles. The molecule has 2 rings (SSSR count). The molecule has 106 valence electrons. The molecule has 2 aromatic rings. The van der Waals surface area contributed by atoms with Crippen molar-refractivity contribution in [3.8, 4) is 0 Å². The first-order valence-corrected chi connectivity index (χ1v) is 6.73. The number of aryl methyl sites for hydroxylation is 2. The lowest BCUT2D eigenvalue weighted by Crippen LogP contribution is -2.29. The second kappa shape index (κ2) is 6.11. The maximum Gasteiger partial charge on any atom is 0.268 e. The lowest BCUT2D eigenvalue weighted by atomic mass is 10.1. The Morgan fingerprint density at radius 3 is 2.55 bits per heavy atom. The predicted octanol–water partition coefficient (Wildman–Crippen LogP) is 2.75. The summed E-state index contributed by atoms with van der Waals surface area (Å²) in [6, 6.07) is 8.80. The molecular formula is C15H17ClN2O2. The summed E-state index contributed by atoms with van der Waals surface area (Å²) in [5.41, 5.74) is 3.08. The van der Waals surface area contributed by atoms with Gasteiger partial charge in [-0.05, 0) is 43.2 Å². The van der Waals surface area contributed by atoms with Gasteiger partial charge in [-0.25, -0.2) is 0 Å². The Bertz CT molecular complexity index is 605. The molecule has 0 spiro atoms. The Morgan fingerprint density at radius 2 is 2.00 bits per heavy atom. The van der Waals surface area contributed by atoms with Gasteiger partial charge in [0.15, 0.2) is 0 Å². The van der Waals surface area contributed by atoms with Crippen LogP contribution in [0.2, 0.25) is 5.02 Å². The molecule has 0 aliphatic rings. The maximum absolute atomic E-state index is 12.0. The van der Waals surface area contributed by atoms with Crippen LogP contribution in [0, 0.1) is 13.8 Å². The number of halogens is 1. The highest BCUT2D eigenvalue weighted by molar-refractivity contribution is 6.30. The Labute approximate surface area is 122 Å². The normalized spacial score (nSPS) is 12.2. The Hall–Kier alpha value is -1.78. The van der Waals surface area contributed by atoms with Crippen molar-refractivity contribution in [1.82, 2.24) is 10.3 Å². The number of benzene rings is 1. The summed E-state index contributed by atoms with van der Waals surface area (Å²) in [4.78, 5) is 15.0. The van der Waals surface area contributed by atoms with Crippen molar-refractivity contribution in [2.24, 2.45) is 0 Å². The Balaban J connectivity index is 1.96. The number of carbonyl (C=O) groups is 1. The van der Waals surface area contributed by atoms with Crippen molar-refractivity contribution in [1.29, 1.82) is 0 Å². The van der Waals surface area contributed by atoms with Gasteiger partial charge >= 0.3 is 0 Å². The minimum atomic E-state index is -0.757. The monoisotopic (exact) mass is 292 g/mol. The zero-order chi connectivity index (χ0) is 14.7. The van der Waals surface area contributed by atoms with Crippen LogP contribution in [-0.2, 0) is 0 Å². The van der Waals surface area contributed by atoms with Gasteiger partial charge in [-0.2, -0.15) is 0 Å².